The van der Waals surface area contributed by atoms with Crippen LogP contribution < -0.4 is 5.32 Å². The lowest BCUT2D eigenvalue weighted by Gasteiger charge is -2.34. The van der Waals surface area contributed by atoms with Crippen LogP contribution in [0.15, 0.2) is 18.2 Å². The van der Waals surface area contributed by atoms with Gasteiger partial charge < -0.3 is 5.32 Å². The van der Waals surface area contributed by atoms with Crippen molar-refractivity contribution in [2.75, 3.05) is 6.54 Å². The quantitative estimate of drug-likeness (QED) is 0.844. The number of nitrogens with one attached hydrogen (secondary N) is 1. The molecule has 94 valence electrons. The van der Waals surface area contributed by atoms with Gasteiger partial charge in [0.25, 0.3) is 0 Å². The predicted molar refractivity (Wildman–Crippen MR) is 69.9 cm³/mol. The van der Waals surface area contributed by atoms with E-state index in [0.717, 1.165) is 18.5 Å². The molecule has 0 aliphatic heterocycles. The maximum absolute atomic E-state index is 13.7. The summed E-state index contributed by atoms with van der Waals surface area (Å²) in [6.07, 6.45) is 4.58. The van der Waals surface area contributed by atoms with Gasteiger partial charge in [0.1, 0.15) is 5.82 Å². The van der Waals surface area contributed by atoms with Crippen LogP contribution in [0.3, 0.4) is 0 Å². The third-order valence-corrected chi connectivity index (χ3v) is 3.87. The van der Waals surface area contributed by atoms with Crippen molar-refractivity contribution < 1.29 is 4.39 Å². The van der Waals surface area contributed by atoms with E-state index in [2.05, 4.69) is 12.2 Å². The zero-order valence-electron chi connectivity index (χ0n) is 10.2. The molecular weight excluding hydrogens is 237 g/mol. The van der Waals surface area contributed by atoms with Crippen LogP contribution in [0.1, 0.15) is 31.7 Å². The molecule has 1 saturated carbocycles. The van der Waals surface area contributed by atoms with Gasteiger partial charge in [-0.15, -0.1) is 0 Å². The van der Waals surface area contributed by atoms with Gasteiger partial charge in [-0.05, 0) is 55.5 Å². The topological polar surface area (TPSA) is 12.0 Å². The van der Waals surface area contributed by atoms with E-state index in [9.17, 15) is 4.39 Å². The van der Waals surface area contributed by atoms with E-state index in [1.54, 1.807) is 12.1 Å². The maximum Gasteiger partial charge on any atom is 0.126 e. The number of halogens is 2. The monoisotopic (exact) mass is 255 g/mol. The zero-order valence-corrected chi connectivity index (χ0v) is 10.9. The normalized spacial score (nSPS) is 17.8. The van der Waals surface area contributed by atoms with E-state index in [1.807, 2.05) is 0 Å². The molecule has 3 heteroatoms. The summed E-state index contributed by atoms with van der Waals surface area (Å²) in [6.45, 7) is 3.03. The highest BCUT2D eigenvalue weighted by molar-refractivity contribution is 6.30. The summed E-state index contributed by atoms with van der Waals surface area (Å²) < 4.78 is 13.7. The Balaban J connectivity index is 2.07. The van der Waals surface area contributed by atoms with Gasteiger partial charge in [0.05, 0.1) is 0 Å². The molecule has 1 aliphatic carbocycles. The molecule has 0 amide bonds. The van der Waals surface area contributed by atoms with Crippen LogP contribution in [0.4, 0.5) is 4.39 Å². The minimum atomic E-state index is -0.142. The molecule has 1 aromatic rings. The Labute approximate surface area is 107 Å². The molecule has 17 heavy (non-hydrogen) atoms. The van der Waals surface area contributed by atoms with Gasteiger partial charge in [-0.2, -0.15) is 0 Å². The smallest absolute Gasteiger partial charge is 0.126 e. The van der Waals surface area contributed by atoms with E-state index in [0.29, 0.717) is 17.0 Å². The lowest BCUT2D eigenvalue weighted by Crippen LogP contribution is -2.41. The van der Waals surface area contributed by atoms with Crippen LogP contribution in [0.25, 0.3) is 0 Å². The van der Waals surface area contributed by atoms with Crippen molar-refractivity contribution in [2.24, 2.45) is 5.92 Å². The van der Waals surface area contributed by atoms with Crippen LogP contribution in [0, 0.1) is 11.7 Å². The summed E-state index contributed by atoms with van der Waals surface area (Å²) in [5.74, 6) is 0.560. The molecule has 1 fully saturated rings. The molecule has 1 atom stereocenters. The second-order valence-electron chi connectivity index (χ2n) is 4.80. The summed E-state index contributed by atoms with van der Waals surface area (Å²) >= 11 is 5.92. The highest BCUT2D eigenvalue weighted by Crippen LogP contribution is 2.31. The Morgan fingerprint density at radius 3 is 2.82 bits per heavy atom. The Morgan fingerprint density at radius 2 is 2.24 bits per heavy atom. The van der Waals surface area contributed by atoms with Crippen molar-refractivity contribution >= 4 is 11.6 Å². The summed E-state index contributed by atoms with van der Waals surface area (Å²) in [6, 6.07) is 5.20. The summed E-state index contributed by atoms with van der Waals surface area (Å²) in [4.78, 5) is 0. The molecule has 0 radical (unpaired) electrons. The molecule has 2 rings (SSSR count). The van der Waals surface area contributed by atoms with Crippen molar-refractivity contribution in [3.8, 4) is 0 Å². The molecule has 0 aromatic heterocycles. The van der Waals surface area contributed by atoms with Crippen molar-refractivity contribution in [1.82, 2.24) is 5.32 Å². The number of hydrogen-bond acceptors (Lipinski definition) is 1. The van der Waals surface area contributed by atoms with Crippen molar-refractivity contribution in [1.29, 1.82) is 0 Å². The van der Waals surface area contributed by atoms with E-state index in [-0.39, 0.29) is 5.82 Å². The standard InChI is InChI=1S/C14H19ClFN/c1-2-17-14(10-4-3-5-10)9-11-8-12(15)6-7-13(11)16/h6-8,10,14,17H,2-5,9H2,1H3. The van der Waals surface area contributed by atoms with E-state index in [1.165, 1.54) is 25.3 Å². The van der Waals surface area contributed by atoms with Crippen LogP contribution >= 0.6 is 11.6 Å². The largest absolute Gasteiger partial charge is 0.314 e. The van der Waals surface area contributed by atoms with E-state index >= 15 is 0 Å². The lowest BCUT2D eigenvalue weighted by atomic mass is 9.77. The van der Waals surface area contributed by atoms with Gasteiger partial charge in [-0.1, -0.05) is 24.9 Å². The van der Waals surface area contributed by atoms with Gasteiger partial charge in [0, 0.05) is 11.1 Å². The molecule has 1 unspecified atom stereocenters. The van der Waals surface area contributed by atoms with Crippen LogP contribution in [-0.4, -0.2) is 12.6 Å². The molecule has 0 heterocycles. The Morgan fingerprint density at radius 1 is 1.47 bits per heavy atom. The average Bonchev–Trinajstić information content (AvgIpc) is 2.21. The first-order chi connectivity index (χ1) is 8.20. The first-order valence-corrected chi connectivity index (χ1v) is 6.75. The Bertz CT molecular complexity index is 376. The fourth-order valence-corrected chi connectivity index (χ4v) is 2.64. The molecule has 0 spiro atoms. The molecule has 1 aromatic carbocycles. The van der Waals surface area contributed by atoms with Gasteiger partial charge in [0.2, 0.25) is 0 Å². The van der Waals surface area contributed by atoms with Crippen LogP contribution in [0.5, 0.6) is 0 Å². The summed E-state index contributed by atoms with van der Waals surface area (Å²) in [5, 5.41) is 4.09. The minimum Gasteiger partial charge on any atom is -0.314 e. The third kappa shape index (κ3) is 3.20. The van der Waals surface area contributed by atoms with Crippen molar-refractivity contribution in [2.45, 2.75) is 38.6 Å². The average molecular weight is 256 g/mol. The highest BCUT2D eigenvalue weighted by atomic mass is 35.5. The fraction of sp³-hybridized carbons (Fsp3) is 0.571. The maximum atomic E-state index is 13.7. The number of benzene rings is 1. The second kappa shape index (κ2) is 5.83. The number of likely N-dealkylation sites (N-methyl/N-ethyl adjacent to an activating group) is 1. The molecule has 1 N–H and O–H groups in total. The first kappa shape index (κ1) is 12.8. The number of rotatable bonds is 5. The molecule has 1 nitrogen and oxygen atoms in total. The molecular formula is C14H19ClFN. The van der Waals surface area contributed by atoms with Gasteiger partial charge in [-0.25, -0.2) is 4.39 Å². The summed E-state index contributed by atoms with van der Waals surface area (Å²) in [5.41, 5.74) is 0.732. The SMILES string of the molecule is CCNC(Cc1cc(Cl)ccc1F)C1CCC1. The van der Waals surface area contributed by atoms with Gasteiger partial charge in [-0.3, -0.25) is 0 Å². The second-order valence-corrected chi connectivity index (χ2v) is 5.23. The number of hydrogen-bond donors (Lipinski definition) is 1. The van der Waals surface area contributed by atoms with Crippen LogP contribution in [0.2, 0.25) is 5.02 Å². The summed E-state index contributed by atoms with van der Waals surface area (Å²) in [7, 11) is 0. The van der Waals surface area contributed by atoms with E-state index < -0.39 is 0 Å². The fourth-order valence-electron chi connectivity index (χ4n) is 2.45. The van der Waals surface area contributed by atoms with Gasteiger partial charge >= 0.3 is 0 Å². The Hall–Kier alpha value is -0.600. The Kier molecular flexibility index (Phi) is 4.41. The van der Waals surface area contributed by atoms with Crippen molar-refractivity contribution in [3.63, 3.8) is 0 Å². The predicted octanol–water partition coefficient (Wildman–Crippen LogP) is 3.80. The van der Waals surface area contributed by atoms with E-state index in [4.69, 9.17) is 11.6 Å². The lowest BCUT2D eigenvalue weighted by molar-refractivity contribution is 0.228. The van der Waals surface area contributed by atoms with Crippen LogP contribution in [-0.2, 0) is 6.42 Å². The zero-order chi connectivity index (χ0) is 12.3. The first-order valence-electron chi connectivity index (χ1n) is 6.38. The molecule has 1 aliphatic rings. The molecule has 0 saturated heterocycles. The highest BCUT2D eigenvalue weighted by Gasteiger charge is 2.27. The molecule has 0 bridgehead atoms. The van der Waals surface area contributed by atoms with Gasteiger partial charge in [0.15, 0.2) is 0 Å². The minimum absolute atomic E-state index is 0.142. The third-order valence-electron chi connectivity index (χ3n) is 3.63. The van der Waals surface area contributed by atoms with Crippen molar-refractivity contribution in [3.05, 3.63) is 34.6 Å².